The molecule has 0 spiro atoms. The molecule has 5 rings (SSSR count). The average Bonchev–Trinajstić information content (AvgIpc) is 2.55. The number of benzene rings is 1. The van der Waals surface area contributed by atoms with Gasteiger partial charge in [0.15, 0.2) is 0 Å². The van der Waals surface area contributed by atoms with E-state index in [1.54, 1.807) is 19.1 Å². The molecule has 22 heavy (non-hydrogen) atoms. The number of nitrogens with one attached hydrogen (secondary N) is 1. The predicted molar refractivity (Wildman–Crippen MR) is 87.3 cm³/mol. The maximum atomic E-state index is 14.3. The molecule has 2 nitrogen and oxygen atoms in total. The van der Waals surface area contributed by atoms with E-state index in [0.717, 1.165) is 11.4 Å². The standard InChI is InChI=1S/C19H21FN2/c1-11-4-3-5-15(19(11)20)22-16-10-21-12(2)17-13-6-8-14(9-7-13)18(16)17/h3-5,10,13-14,22H,6-9H2,1-2H3. The van der Waals surface area contributed by atoms with Gasteiger partial charge in [0.25, 0.3) is 0 Å². The number of aryl methyl sites for hydroxylation is 2. The lowest BCUT2D eigenvalue weighted by atomic mass is 9.66. The highest BCUT2D eigenvalue weighted by atomic mass is 19.1. The van der Waals surface area contributed by atoms with Gasteiger partial charge in [-0.25, -0.2) is 4.39 Å². The Hall–Kier alpha value is -1.90. The smallest absolute Gasteiger partial charge is 0.149 e. The van der Waals surface area contributed by atoms with Crippen molar-refractivity contribution in [3.05, 3.63) is 52.6 Å². The SMILES string of the molecule is Cc1cccc(Nc2cnc(C)c3c2C2CCC3CC2)c1F. The van der Waals surface area contributed by atoms with E-state index in [2.05, 4.69) is 17.2 Å². The van der Waals surface area contributed by atoms with Crippen LogP contribution in [-0.2, 0) is 0 Å². The lowest BCUT2D eigenvalue weighted by Gasteiger charge is -2.40. The number of halogens is 1. The van der Waals surface area contributed by atoms with E-state index in [1.165, 1.54) is 36.8 Å². The molecule has 1 aromatic carbocycles. The third-order valence-electron chi connectivity index (χ3n) is 5.36. The summed E-state index contributed by atoms with van der Waals surface area (Å²) in [6.45, 7) is 3.90. The van der Waals surface area contributed by atoms with Crippen molar-refractivity contribution in [1.29, 1.82) is 0 Å². The number of rotatable bonds is 2. The molecular formula is C19H21FN2. The zero-order valence-electron chi connectivity index (χ0n) is 13.1. The Kier molecular flexibility index (Phi) is 3.17. The summed E-state index contributed by atoms with van der Waals surface area (Å²) in [6, 6.07) is 5.49. The first-order valence-corrected chi connectivity index (χ1v) is 8.16. The van der Waals surface area contributed by atoms with Crippen LogP contribution in [0.3, 0.4) is 0 Å². The summed E-state index contributed by atoms with van der Waals surface area (Å²) in [5.41, 5.74) is 6.20. The molecule has 3 aliphatic carbocycles. The summed E-state index contributed by atoms with van der Waals surface area (Å²) in [6.07, 6.45) is 6.96. The van der Waals surface area contributed by atoms with Crippen LogP contribution in [0.1, 0.15) is 59.9 Å². The highest BCUT2D eigenvalue weighted by Gasteiger charge is 2.36. The van der Waals surface area contributed by atoms with Crippen LogP contribution in [-0.4, -0.2) is 4.98 Å². The molecule has 0 amide bonds. The second kappa shape index (κ2) is 5.08. The highest BCUT2D eigenvalue weighted by Crippen LogP contribution is 2.52. The molecule has 1 N–H and O–H groups in total. The van der Waals surface area contributed by atoms with Gasteiger partial charge in [0, 0.05) is 5.69 Å². The molecule has 2 bridgehead atoms. The van der Waals surface area contributed by atoms with E-state index in [0.29, 0.717) is 23.1 Å². The Bertz CT molecular complexity index is 730. The molecule has 0 aliphatic heterocycles. The Morgan fingerprint density at radius 1 is 1.00 bits per heavy atom. The molecule has 1 aromatic heterocycles. The molecule has 1 fully saturated rings. The molecule has 3 heteroatoms. The van der Waals surface area contributed by atoms with Crippen LogP contribution >= 0.6 is 0 Å². The Balaban J connectivity index is 1.81. The van der Waals surface area contributed by atoms with E-state index in [9.17, 15) is 4.39 Å². The molecule has 1 heterocycles. The van der Waals surface area contributed by atoms with Crippen LogP contribution < -0.4 is 5.32 Å². The second-order valence-electron chi connectivity index (χ2n) is 6.69. The van der Waals surface area contributed by atoms with Crippen LogP contribution in [0, 0.1) is 19.7 Å². The number of hydrogen-bond donors (Lipinski definition) is 1. The van der Waals surface area contributed by atoms with Crippen molar-refractivity contribution >= 4 is 11.4 Å². The zero-order valence-corrected chi connectivity index (χ0v) is 13.1. The van der Waals surface area contributed by atoms with Crippen molar-refractivity contribution in [1.82, 2.24) is 4.98 Å². The molecule has 0 unspecified atom stereocenters. The van der Waals surface area contributed by atoms with Crippen LogP contribution in [0.15, 0.2) is 24.4 Å². The van der Waals surface area contributed by atoms with E-state index in [1.807, 2.05) is 12.3 Å². The minimum atomic E-state index is -0.169. The maximum absolute atomic E-state index is 14.3. The normalized spacial score (nSPS) is 22.5. The van der Waals surface area contributed by atoms with Crippen molar-refractivity contribution in [3.8, 4) is 0 Å². The van der Waals surface area contributed by atoms with Gasteiger partial charge in [-0.05, 0) is 74.1 Å². The lowest BCUT2D eigenvalue weighted by Crippen LogP contribution is -2.24. The summed E-state index contributed by atoms with van der Waals surface area (Å²) >= 11 is 0. The fourth-order valence-electron chi connectivity index (χ4n) is 4.26. The monoisotopic (exact) mass is 296 g/mol. The Labute approximate surface area is 130 Å². The number of aromatic nitrogens is 1. The van der Waals surface area contributed by atoms with Gasteiger partial charge in [-0.2, -0.15) is 0 Å². The third kappa shape index (κ3) is 2.03. The summed E-state index contributed by atoms with van der Waals surface area (Å²) in [5, 5.41) is 3.32. The fraction of sp³-hybridized carbons (Fsp3) is 0.421. The molecule has 0 radical (unpaired) electrons. The summed E-state index contributed by atoms with van der Waals surface area (Å²) in [4.78, 5) is 4.57. The van der Waals surface area contributed by atoms with E-state index >= 15 is 0 Å². The van der Waals surface area contributed by atoms with Gasteiger partial charge in [0.1, 0.15) is 5.82 Å². The van der Waals surface area contributed by atoms with E-state index < -0.39 is 0 Å². The third-order valence-corrected chi connectivity index (χ3v) is 5.36. The average molecular weight is 296 g/mol. The topological polar surface area (TPSA) is 24.9 Å². The van der Waals surface area contributed by atoms with Crippen molar-refractivity contribution in [2.75, 3.05) is 5.32 Å². The predicted octanol–water partition coefficient (Wildman–Crippen LogP) is 5.34. The van der Waals surface area contributed by atoms with Crippen LogP contribution in [0.2, 0.25) is 0 Å². The molecular weight excluding hydrogens is 275 g/mol. The van der Waals surface area contributed by atoms with Gasteiger partial charge < -0.3 is 5.32 Å². The van der Waals surface area contributed by atoms with Crippen molar-refractivity contribution < 1.29 is 4.39 Å². The van der Waals surface area contributed by atoms with Gasteiger partial charge in [-0.15, -0.1) is 0 Å². The Morgan fingerprint density at radius 2 is 1.68 bits per heavy atom. The van der Waals surface area contributed by atoms with Gasteiger partial charge in [0.05, 0.1) is 17.6 Å². The van der Waals surface area contributed by atoms with E-state index in [4.69, 9.17) is 0 Å². The number of pyridine rings is 1. The van der Waals surface area contributed by atoms with E-state index in [-0.39, 0.29) is 5.82 Å². The fourth-order valence-corrected chi connectivity index (χ4v) is 4.26. The number of nitrogens with zero attached hydrogens (tertiary/aromatic N) is 1. The zero-order chi connectivity index (χ0) is 15.3. The summed E-state index contributed by atoms with van der Waals surface area (Å²) in [7, 11) is 0. The summed E-state index contributed by atoms with van der Waals surface area (Å²) < 4.78 is 14.3. The molecule has 0 saturated heterocycles. The van der Waals surface area contributed by atoms with Crippen molar-refractivity contribution in [2.45, 2.75) is 51.4 Å². The molecule has 0 atom stereocenters. The first kappa shape index (κ1) is 13.7. The van der Waals surface area contributed by atoms with Crippen LogP contribution in [0.25, 0.3) is 0 Å². The van der Waals surface area contributed by atoms with Gasteiger partial charge >= 0.3 is 0 Å². The molecule has 3 aliphatic rings. The molecule has 114 valence electrons. The number of fused-ring (bicyclic) bond motifs is 2. The Morgan fingerprint density at radius 3 is 2.41 bits per heavy atom. The maximum Gasteiger partial charge on any atom is 0.149 e. The second-order valence-corrected chi connectivity index (χ2v) is 6.69. The first-order valence-electron chi connectivity index (χ1n) is 8.16. The highest BCUT2D eigenvalue weighted by molar-refractivity contribution is 5.67. The van der Waals surface area contributed by atoms with Crippen LogP contribution in [0.5, 0.6) is 0 Å². The minimum absolute atomic E-state index is 0.169. The van der Waals surface area contributed by atoms with Crippen molar-refractivity contribution in [3.63, 3.8) is 0 Å². The molecule has 1 saturated carbocycles. The van der Waals surface area contributed by atoms with Crippen molar-refractivity contribution in [2.24, 2.45) is 0 Å². The summed E-state index contributed by atoms with van der Waals surface area (Å²) in [5.74, 6) is 1.09. The number of hydrogen-bond acceptors (Lipinski definition) is 2. The largest absolute Gasteiger partial charge is 0.352 e. The van der Waals surface area contributed by atoms with Gasteiger partial charge in [0.2, 0.25) is 0 Å². The quantitative estimate of drug-likeness (QED) is 0.809. The van der Waals surface area contributed by atoms with Gasteiger partial charge in [-0.1, -0.05) is 12.1 Å². The number of anilines is 2. The van der Waals surface area contributed by atoms with Gasteiger partial charge in [-0.3, -0.25) is 4.98 Å². The van der Waals surface area contributed by atoms with Crippen LogP contribution in [0.4, 0.5) is 15.8 Å². The minimum Gasteiger partial charge on any atom is -0.352 e. The first-order chi connectivity index (χ1) is 10.6. The lowest BCUT2D eigenvalue weighted by molar-refractivity contribution is 0.357. The molecule has 2 aromatic rings.